The molecule has 162 valence electrons. The van der Waals surface area contributed by atoms with Crippen LogP contribution >= 0.6 is 23.2 Å². The normalized spacial score (nSPS) is 22.6. The molecule has 2 saturated heterocycles. The minimum absolute atomic E-state index is 0.304. The van der Waals surface area contributed by atoms with Gasteiger partial charge in [0, 0.05) is 10.0 Å². The van der Waals surface area contributed by atoms with Crippen LogP contribution in [0.2, 0.25) is 10.0 Å². The van der Waals surface area contributed by atoms with Gasteiger partial charge >= 0.3 is 0 Å². The Labute approximate surface area is 196 Å². The molecular weight excluding hydrogens is 447 g/mol. The molecule has 0 aliphatic carbocycles. The Morgan fingerprint density at radius 3 is 2.31 bits per heavy atom. The van der Waals surface area contributed by atoms with E-state index < -0.39 is 18.1 Å². The topological polar surface area (TPSA) is 49.9 Å². The molecule has 2 aliphatic heterocycles. The minimum atomic E-state index is -0.944. The number of hydrogen-bond donors (Lipinski definition) is 0. The lowest BCUT2D eigenvalue weighted by atomic mass is 9.90. The van der Waals surface area contributed by atoms with Crippen LogP contribution in [0.4, 0.5) is 11.4 Å². The average molecular weight is 467 g/mol. The Morgan fingerprint density at radius 2 is 1.62 bits per heavy atom. The zero-order valence-corrected chi connectivity index (χ0v) is 19.0. The van der Waals surface area contributed by atoms with Crippen LogP contribution in [0.5, 0.6) is 0 Å². The van der Waals surface area contributed by atoms with Crippen molar-refractivity contribution in [2.24, 2.45) is 5.92 Å². The molecule has 32 heavy (non-hydrogen) atoms. The monoisotopic (exact) mass is 466 g/mol. The van der Waals surface area contributed by atoms with E-state index in [-0.39, 0.29) is 11.8 Å². The van der Waals surface area contributed by atoms with Gasteiger partial charge in [-0.25, -0.2) is 9.96 Å². The summed E-state index contributed by atoms with van der Waals surface area (Å²) in [6.45, 7) is 3.86. The number of imide groups is 1. The summed E-state index contributed by atoms with van der Waals surface area (Å²) in [6, 6.07) is 19.6. The molecule has 0 unspecified atom stereocenters. The van der Waals surface area contributed by atoms with Crippen molar-refractivity contribution >= 4 is 46.4 Å². The number of halogens is 2. The van der Waals surface area contributed by atoms with E-state index in [4.69, 9.17) is 28.0 Å². The second kappa shape index (κ2) is 7.93. The van der Waals surface area contributed by atoms with Crippen molar-refractivity contribution in [1.82, 2.24) is 0 Å². The molecule has 3 atom stereocenters. The summed E-state index contributed by atoms with van der Waals surface area (Å²) in [5.74, 6) is -1.43. The Balaban J connectivity index is 1.62. The lowest BCUT2D eigenvalue weighted by Gasteiger charge is -2.29. The van der Waals surface area contributed by atoms with Crippen LogP contribution in [0, 0.1) is 19.8 Å². The molecule has 2 fully saturated rings. The minimum Gasteiger partial charge on any atom is -0.273 e. The van der Waals surface area contributed by atoms with Gasteiger partial charge in [-0.15, -0.1) is 0 Å². The van der Waals surface area contributed by atoms with Crippen LogP contribution in [-0.4, -0.2) is 17.9 Å². The maximum absolute atomic E-state index is 13.7. The SMILES string of the molecule is Cc1ccc(N2C(=O)[C@@H]3[C@@H](c4ccc(Cl)cc4Cl)N(c4ccccc4)O[C@H]3C2=O)c(C)c1. The number of carbonyl (C=O) groups is 2. The first-order valence-corrected chi connectivity index (χ1v) is 11.0. The lowest BCUT2D eigenvalue weighted by Crippen LogP contribution is -2.37. The Hall–Kier alpha value is -2.86. The van der Waals surface area contributed by atoms with Crippen LogP contribution in [-0.2, 0) is 14.4 Å². The van der Waals surface area contributed by atoms with Crippen molar-refractivity contribution in [3.8, 4) is 0 Å². The van der Waals surface area contributed by atoms with Crippen molar-refractivity contribution in [2.75, 3.05) is 9.96 Å². The molecule has 0 radical (unpaired) electrons. The van der Waals surface area contributed by atoms with Gasteiger partial charge in [0.15, 0.2) is 6.10 Å². The van der Waals surface area contributed by atoms with Gasteiger partial charge in [0.2, 0.25) is 5.91 Å². The third-order valence-corrected chi connectivity index (χ3v) is 6.56. The first kappa shape index (κ1) is 21.0. The van der Waals surface area contributed by atoms with Gasteiger partial charge < -0.3 is 0 Å². The molecule has 2 heterocycles. The van der Waals surface area contributed by atoms with Crippen molar-refractivity contribution < 1.29 is 14.4 Å². The summed E-state index contributed by atoms with van der Waals surface area (Å²) in [6.07, 6.45) is -0.944. The summed E-state index contributed by atoms with van der Waals surface area (Å²) in [7, 11) is 0. The predicted molar refractivity (Wildman–Crippen MR) is 125 cm³/mol. The largest absolute Gasteiger partial charge is 0.273 e. The number of hydrogen-bond acceptors (Lipinski definition) is 4. The number of fused-ring (bicyclic) bond motifs is 1. The molecule has 2 aliphatic rings. The van der Waals surface area contributed by atoms with E-state index in [1.165, 1.54) is 4.90 Å². The molecule has 3 aromatic rings. The number of rotatable bonds is 3. The molecule has 0 N–H and O–H groups in total. The molecule has 7 heteroatoms. The number of nitrogens with zero attached hydrogens (tertiary/aromatic N) is 2. The first-order chi connectivity index (χ1) is 15.4. The quantitative estimate of drug-likeness (QED) is 0.467. The number of hydroxylamine groups is 1. The Kier molecular flexibility index (Phi) is 5.20. The van der Waals surface area contributed by atoms with Gasteiger partial charge in [-0.05, 0) is 55.3 Å². The highest BCUT2D eigenvalue weighted by molar-refractivity contribution is 6.35. The third kappa shape index (κ3) is 3.28. The maximum atomic E-state index is 13.7. The van der Waals surface area contributed by atoms with E-state index in [0.29, 0.717) is 21.3 Å². The summed E-state index contributed by atoms with van der Waals surface area (Å²) in [5, 5.41) is 2.53. The van der Waals surface area contributed by atoms with Gasteiger partial charge in [0.25, 0.3) is 5.91 Å². The number of carbonyl (C=O) groups excluding carboxylic acids is 2. The van der Waals surface area contributed by atoms with E-state index in [1.54, 1.807) is 29.3 Å². The molecule has 0 bridgehead atoms. The van der Waals surface area contributed by atoms with Gasteiger partial charge in [-0.2, -0.15) is 0 Å². The average Bonchev–Trinajstić information content (AvgIpc) is 3.26. The summed E-state index contributed by atoms with van der Waals surface area (Å²) in [5.41, 5.74) is 3.90. The van der Waals surface area contributed by atoms with Crippen LogP contribution in [0.15, 0.2) is 66.7 Å². The molecular formula is C25H20Cl2N2O3. The van der Waals surface area contributed by atoms with Gasteiger partial charge in [-0.3, -0.25) is 14.4 Å². The lowest BCUT2D eigenvalue weighted by molar-refractivity contribution is -0.126. The molecule has 0 aromatic heterocycles. The van der Waals surface area contributed by atoms with Crippen molar-refractivity contribution in [3.05, 3.63) is 93.5 Å². The highest BCUT2D eigenvalue weighted by Gasteiger charge is 2.60. The second-order valence-corrected chi connectivity index (χ2v) is 8.97. The number of para-hydroxylation sites is 1. The molecule has 5 rings (SSSR count). The molecule has 0 spiro atoms. The van der Waals surface area contributed by atoms with Crippen LogP contribution in [0.25, 0.3) is 0 Å². The summed E-state index contributed by atoms with van der Waals surface area (Å²) < 4.78 is 0. The number of anilines is 2. The number of aryl methyl sites for hydroxylation is 2. The molecule has 3 aromatic carbocycles. The highest BCUT2D eigenvalue weighted by atomic mass is 35.5. The fourth-order valence-corrected chi connectivity index (χ4v) is 5.08. The molecule has 2 amide bonds. The fraction of sp³-hybridized carbons (Fsp3) is 0.200. The maximum Gasteiger partial charge on any atom is 0.266 e. The van der Waals surface area contributed by atoms with E-state index in [0.717, 1.165) is 16.8 Å². The second-order valence-electron chi connectivity index (χ2n) is 8.13. The third-order valence-electron chi connectivity index (χ3n) is 6.00. The van der Waals surface area contributed by atoms with Crippen molar-refractivity contribution in [3.63, 3.8) is 0 Å². The zero-order chi connectivity index (χ0) is 22.6. The van der Waals surface area contributed by atoms with E-state index in [2.05, 4.69) is 0 Å². The number of benzene rings is 3. The van der Waals surface area contributed by atoms with Crippen LogP contribution in [0.3, 0.4) is 0 Å². The summed E-state index contributed by atoms with van der Waals surface area (Å²) >= 11 is 12.7. The van der Waals surface area contributed by atoms with Gasteiger partial charge in [0.05, 0.1) is 17.4 Å². The predicted octanol–water partition coefficient (Wildman–Crippen LogP) is 5.66. The van der Waals surface area contributed by atoms with E-state index in [1.807, 2.05) is 56.3 Å². The van der Waals surface area contributed by atoms with Gasteiger partial charge in [-0.1, -0.05) is 65.2 Å². The van der Waals surface area contributed by atoms with Crippen molar-refractivity contribution in [1.29, 1.82) is 0 Å². The Bertz CT molecular complexity index is 1230. The zero-order valence-electron chi connectivity index (χ0n) is 17.5. The van der Waals surface area contributed by atoms with Crippen LogP contribution in [0.1, 0.15) is 22.7 Å². The smallest absolute Gasteiger partial charge is 0.266 e. The fourth-order valence-electron chi connectivity index (χ4n) is 4.56. The standard InChI is InChI=1S/C25H20Cl2N2O3/c1-14-8-11-20(15(2)12-14)28-24(30)21-22(18-10-9-16(26)13-19(18)27)29(32-23(21)25(28)31)17-6-4-3-5-7-17/h3-13,21-23H,1-2H3/t21-,22-,23-/m1/s1. The number of amides is 2. The molecule has 5 nitrogen and oxygen atoms in total. The van der Waals surface area contributed by atoms with E-state index in [9.17, 15) is 9.59 Å². The first-order valence-electron chi connectivity index (χ1n) is 10.3. The molecule has 0 saturated carbocycles. The highest BCUT2D eigenvalue weighted by Crippen LogP contribution is 2.49. The van der Waals surface area contributed by atoms with Gasteiger partial charge in [0.1, 0.15) is 5.92 Å². The van der Waals surface area contributed by atoms with Crippen LogP contribution < -0.4 is 9.96 Å². The van der Waals surface area contributed by atoms with E-state index >= 15 is 0 Å². The summed E-state index contributed by atoms with van der Waals surface area (Å²) in [4.78, 5) is 34.5. The Morgan fingerprint density at radius 1 is 0.875 bits per heavy atom. The van der Waals surface area contributed by atoms with Crippen molar-refractivity contribution in [2.45, 2.75) is 26.0 Å².